The quantitative estimate of drug-likeness (QED) is 0.397. The van der Waals surface area contributed by atoms with Crippen LogP contribution in [0.3, 0.4) is 0 Å². The summed E-state index contributed by atoms with van der Waals surface area (Å²) in [5.41, 5.74) is 1.50. The van der Waals surface area contributed by atoms with Gasteiger partial charge in [0.15, 0.2) is 0 Å². The molecule has 0 aromatic rings. The van der Waals surface area contributed by atoms with E-state index in [1.165, 1.54) is 57.8 Å². The third kappa shape index (κ3) is 4.34. The molecule has 8 bridgehead atoms. The fourth-order valence-corrected chi connectivity index (χ4v) is 8.39. The minimum atomic E-state index is -0.833. The summed E-state index contributed by atoms with van der Waals surface area (Å²) in [6.45, 7) is 9.07. The van der Waals surface area contributed by atoms with E-state index < -0.39 is 5.97 Å². The number of esters is 1. The van der Waals surface area contributed by atoms with E-state index in [-0.39, 0.29) is 15.9 Å². The molecule has 4 nitrogen and oxygen atoms in total. The van der Waals surface area contributed by atoms with Crippen molar-refractivity contribution in [3.05, 3.63) is 12.2 Å². The Kier molecular flexibility index (Phi) is 6.07. The summed E-state index contributed by atoms with van der Waals surface area (Å²) in [6.07, 6.45) is 14.2. The molecule has 8 rings (SSSR count). The minimum absolute atomic E-state index is 0. The van der Waals surface area contributed by atoms with Gasteiger partial charge in [0, 0.05) is 15.3 Å². The molecule has 0 aliphatic heterocycles. The molecule has 170 valence electrons. The van der Waals surface area contributed by atoms with Crippen molar-refractivity contribution >= 4 is 11.9 Å². The number of hydrogen-bond donors (Lipinski definition) is 1. The zero-order chi connectivity index (χ0) is 21.6. The Morgan fingerprint density at radius 2 is 1.20 bits per heavy atom. The highest BCUT2D eigenvalue weighted by Crippen LogP contribution is 2.59. The number of carbonyl (C=O) groups excluding carboxylic acids is 1. The van der Waals surface area contributed by atoms with Crippen LogP contribution in [0.15, 0.2) is 12.2 Å². The molecule has 0 amide bonds. The van der Waals surface area contributed by atoms with Crippen LogP contribution in [-0.2, 0) is 14.3 Å². The van der Waals surface area contributed by atoms with Gasteiger partial charge in [-0.05, 0) is 118 Å². The first kappa shape index (κ1) is 21.9. The summed E-state index contributed by atoms with van der Waals surface area (Å²) in [7, 11) is 0. The van der Waals surface area contributed by atoms with E-state index >= 15 is 0 Å². The van der Waals surface area contributed by atoms with Crippen molar-refractivity contribution in [3.63, 3.8) is 0 Å². The predicted molar refractivity (Wildman–Crippen MR) is 121 cm³/mol. The maximum Gasteiger partial charge on any atom is 1.00 e. The number of allylic oxidation sites excluding steroid dienone is 1. The third-order valence-electron chi connectivity index (χ3n) is 9.31. The Morgan fingerprint density at radius 1 is 0.867 bits per heavy atom. The van der Waals surface area contributed by atoms with Gasteiger partial charge in [-0.2, -0.15) is 0 Å². The SMILES string of the molecule is C=C1C2CC3CC(C2)CC1C3.CC(=O)O.CC(=O)OC1(C)C2CC3CC(C2)CC1C3.[2HH].[H+].[H+]. The molecule has 30 heavy (non-hydrogen) atoms. The first-order valence-electron chi connectivity index (χ1n) is 12.2. The van der Waals surface area contributed by atoms with Crippen LogP contribution in [0.1, 0.15) is 89.3 Å². The van der Waals surface area contributed by atoms with Crippen molar-refractivity contribution in [1.82, 2.24) is 0 Å². The first-order valence-corrected chi connectivity index (χ1v) is 12.2. The van der Waals surface area contributed by atoms with Crippen LogP contribution in [0.5, 0.6) is 0 Å². The average Bonchev–Trinajstić information content (AvgIpc) is 2.62. The second kappa shape index (κ2) is 8.31. The van der Waals surface area contributed by atoms with Crippen molar-refractivity contribution < 1.29 is 23.7 Å². The van der Waals surface area contributed by atoms with Crippen molar-refractivity contribution in [1.29, 1.82) is 0 Å². The van der Waals surface area contributed by atoms with Crippen LogP contribution < -0.4 is 0 Å². The molecular formula is C26H44O4+2. The molecule has 0 atom stereocenters. The van der Waals surface area contributed by atoms with E-state index in [0.717, 1.165) is 42.4 Å². The molecule has 0 heterocycles. The molecule has 1 N–H and O–H groups in total. The van der Waals surface area contributed by atoms with Crippen LogP contribution in [0.2, 0.25) is 0 Å². The van der Waals surface area contributed by atoms with Gasteiger partial charge in [-0.3, -0.25) is 9.59 Å². The Labute approximate surface area is 186 Å². The normalized spacial score (nSPS) is 46.4. The van der Waals surface area contributed by atoms with E-state index in [2.05, 4.69) is 13.5 Å². The van der Waals surface area contributed by atoms with Gasteiger partial charge in [-0.1, -0.05) is 12.2 Å². The topological polar surface area (TPSA) is 63.6 Å². The standard InChI is InChI=1S/C13H20O2.C11H16.C2H4O2.H2/c1-8(14)15-13(2)11-4-9-3-10(6-11)7-12(13)5-9;1-7-10-3-8-2-9(5-10)6-11(7)4-8;1-2(3)4;/h9-12H,3-7H2,1-2H3;8-11H,1-6H2;1H3,(H,3,4);1H/p+2/i;;;1+1. The molecule has 8 fully saturated rings. The molecule has 8 saturated carbocycles. The molecule has 0 saturated heterocycles. The highest BCUT2D eigenvalue weighted by atomic mass is 16.6. The van der Waals surface area contributed by atoms with Crippen molar-refractivity contribution in [2.75, 3.05) is 0 Å². The summed E-state index contributed by atoms with van der Waals surface area (Å²) < 4.78 is 5.68. The van der Waals surface area contributed by atoms with Gasteiger partial charge >= 0.3 is 8.82 Å². The fraction of sp³-hybridized carbons (Fsp3) is 0.846. The number of ether oxygens (including phenoxy) is 1. The Bertz CT molecular complexity index is 646. The van der Waals surface area contributed by atoms with Gasteiger partial charge in [0.25, 0.3) is 5.97 Å². The number of carboxylic acids is 1. The van der Waals surface area contributed by atoms with Gasteiger partial charge in [0.05, 0.1) is 0 Å². The van der Waals surface area contributed by atoms with Gasteiger partial charge in [0.1, 0.15) is 5.60 Å². The lowest BCUT2D eigenvalue weighted by molar-refractivity contribution is -0.201. The highest BCUT2D eigenvalue weighted by molar-refractivity contribution is 5.66. The summed E-state index contributed by atoms with van der Waals surface area (Å²) in [6, 6.07) is 0. The number of carbonyl (C=O) groups is 2. The van der Waals surface area contributed by atoms with Gasteiger partial charge in [0.2, 0.25) is 0 Å². The minimum Gasteiger partial charge on any atom is -0.481 e. The van der Waals surface area contributed by atoms with Gasteiger partial charge < -0.3 is 9.84 Å². The molecule has 0 spiro atoms. The summed E-state index contributed by atoms with van der Waals surface area (Å²) in [5, 5.41) is 7.42. The largest absolute Gasteiger partial charge is 1.00 e. The summed E-state index contributed by atoms with van der Waals surface area (Å²) in [4.78, 5) is 20.2. The van der Waals surface area contributed by atoms with Crippen LogP contribution in [0.25, 0.3) is 0 Å². The second-order valence-electron chi connectivity index (χ2n) is 11.5. The van der Waals surface area contributed by atoms with Crippen molar-refractivity contribution in [3.8, 4) is 0 Å². The van der Waals surface area contributed by atoms with E-state index in [4.69, 9.17) is 14.6 Å². The number of rotatable bonds is 1. The average molecular weight is 422 g/mol. The molecule has 0 aromatic heterocycles. The molecule has 4 heteroatoms. The maximum absolute atomic E-state index is 11.2. The monoisotopic (exact) mass is 421 g/mol. The lowest BCUT2D eigenvalue weighted by Gasteiger charge is -2.58. The molecular weight excluding hydrogens is 376 g/mol. The summed E-state index contributed by atoms with van der Waals surface area (Å²) >= 11 is 0. The first-order chi connectivity index (χ1) is 14.1. The third-order valence-corrected chi connectivity index (χ3v) is 9.31. The van der Waals surface area contributed by atoms with Crippen LogP contribution >= 0.6 is 0 Å². The van der Waals surface area contributed by atoms with Crippen LogP contribution in [0, 0.1) is 47.3 Å². The Balaban J connectivity index is 0.000000270. The van der Waals surface area contributed by atoms with E-state index in [0.29, 0.717) is 11.8 Å². The smallest absolute Gasteiger partial charge is 0.481 e. The molecule has 8 aliphatic rings. The van der Waals surface area contributed by atoms with Crippen molar-refractivity contribution in [2.24, 2.45) is 47.3 Å². The fourth-order valence-electron chi connectivity index (χ4n) is 8.39. The Morgan fingerprint density at radius 3 is 1.53 bits per heavy atom. The van der Waals surface area contributed by atoms with Crippen molar-refractivity contribution in [2.45, 2.75) is 90.6 Å². The lowest BCUT2D eigenvalue weighted by Crippen LogP contribution is -2.57. The van der Waals surface area contributed by atoms with E-state index in [1.807, 2.05) is 0 Å². The van der Waals surface area contributed by atoms with Gasteiger partial charge in [-0.25, -0.2) is 0 Å². The Hall–Kier alpha value is -1.32. The molecule has 0 aromatic carbocycles. The zero-order valence-corrected chi connectivity index (χ0v) is 19.1. The zero-order valence-electron chi connectivity index (χ0n) is 21.1. The van der Waals surface area contributed by atoms with Gasteiger partial charge in [-0.15, -0.1) is 0 Å². The number of hydrogen-bond acceptors (Lipinski definition) is 3. The molecule has 0 unspecified atom stereocenters. The second-order valence-corrected chi connectivity index (χ2v) is 11.5. The number of carboxylic acid groups (broad SMARTS) is 1. The van der Waals surface area contributed by atoms with E-state index in [1.54, 1.807) is 18.9 Å². The molecule has 8 aliphatic carbocycles. The molecule has 0 radical (unpaired) electrons. The highest BCUT2D eigenvalue weighted by Gasteiger charge is 2.56. The lowest BCUT2D eigenvalue weighted by atomic mass is 9.50. The van der Waals surface area contributed by atoms with E-state index in [9.17, 15) is 4.79 Å². The summed E-state index contributed by atoms with van der Waals surface area (Å²) in [5.74, 6) is 6.36. The van der Waals surface area contributed by atoms with Crippen LogP contribution in [-0.4, -0.2) is 22.6 Å². The number of aliphatic carboxylic acids is 1. The van der Waals surface area contributed by atoms with Crippen LogP contribution in [0.4, 0.5) is 0 Å². The predicted octanol–water partition coefficient (Wildman–Crippen LogP) is 6.32. The maximum atomic E-state index is 11.2.